The molecular formula is C12H16BrClS. The summed E-state index contributed by atoms with van der Waals surface area (Å²) < 4.78 is 1.20. The maximum atomic E-state index is 5.98. The second-order valence-electron chi connectivity index (χ2n) is 3.60. The fourth-order valence-corrected chi connectivity index (χ4v) is 2.77. The average molecular weight is 308 g/mol. The minimum absolute atomic E-state index is 0.595. The summed E-state index contributed by atoms with van der Waals surface area (Å²) in [5.41, 5.74) is 1.37. The molecule has 0 saturated heterocycles. The van der Waals surface area contributed by atoms with Gasteiger partial charge in [0, 0.05) is 10.4 Å². The van der Waals surface area contributed by atoms with Gasteiger partial charge in [0.1, 0.15) is 0 Å². The predicted molar refractivity (Wildman–Crippen MR) is 75.1 cm³/mol. The van der Waals surface area contributed by atoms with E-state index in [1.54, 1.807) is 0 Å². The number of benzene rings is 1. The van der Waals surface area contributed by atoms with Crippen molar-refractivity contribution in [2.45, 2.75) is 12.8 Å². The third kappa shape index (κ3) is 4.80. The molecule has 0 amide bonds. The van der Waals surface area contributed by atoms with Gasteiger partial charge in [-0.15, -0.1) is 11.6 Å². The number of thioether (sulfide) groups is 1. The fourth-order valence-electron chi connectivity index (χ4n) is 1.49. The second kappa shape index (κ2) is 7.59. The molecule has 0 heterocycles. The van der Waals surface area contributed by atoms with E-state index in [0.717, 1.165) is 12.3 Å². The maximum Gasteiger partial charge on any atom is 0.0255 e. The Morgan fingerprint density at radius 3 is 2.73 bits per heavy atom. The molecule has 1 aromatic carbocycles. The van der Waals surface area contributed by atoms with Gasteiger partial charge in [-0.25, -0.2) is 0 Å². The van der Waals surface area contributed by atoms with E-state index in [1.165, 1.54) is 22.2 Å². The van der Waals surface area contributed by atoms with Crippen molar-refractivity contribution in [2.24, 2.45) is 5.92 Å². The third-order valence-corrected chi connectivity index (χ3v) is 4.27. The molecule has 0 spiro atoms. The summed E-state index contributed by atoms with van der Waals surface area (Å²) in [6.45, 7) is 0. The first-order chi connectivity index (χ1) is 7.27. The second-order valence-corrected chi connectivity index (χ2v) is 5.75. The Balaban J connectivity index is 2.54. The molecule has 0 aliphatic heterocycles. The van der Waals surface area contributed by atoms with Gasteiger partial charge in [-0.3, -0.25) is 0 Å². The lowest BCUT2D eigenvalue weighted by atomic mass is 9.99. The number of rotatable bonds is 6. The highest BCUT2D eigenvalue weighted by molar-refractivity contribution is 9.10. The Bertz CT molecular complexity index is 291. The first kappa shape index (κ1) is 13.4. The largest absolute Gasteiger partial charge is 0.165 e. The smallest absolute Gasteiger partial charge is 0.0255 e. The van der Waals surface area contributed by atoms with Crippen LogP contribution in [0.15, 0.2) is 28.7 Å². The normalized spacial score (nSPS) is 12.7. The lowest BCUT2D eigenvalue weighted by Gasteiger charge is -2.14. The monoisotopic (exact) mass is 306 g/mol. The molecule has 0 aliphatic carbocycles. The van der Waals surface area contributed by atoms with Crippen LogP contribution < -0.4 is 0 Å². The van der Waals surface area contributed by atoms with Gasteiger partial charge in [0.15, 0.2) is 0 Å². The number of alkyl halides is 1. The van der Waals surface area contributed by atoms with Gasteiger partial charge in [0.2, 0.25) is 0 Å². The first-order valence-electron chi connectivity index (χ1n) is 5.06. The number of hydrogen-bond acceptors (Lipinski definition) is 1. The minimum Gasteiger partial charge on any atom is -0.165 e. The Kier molecular flexibility index (Phi) is 6.78. The zero-order valence-corrected chi connectivity index (χ0v) is 12.0. The number of hydrogen-bond donors (Lipinski definition) is 0. The summed E-state index contributed by atoms with van der Waals surface area (Å²) in [6.07, 6.45) is 4.42. The van der Waals surface area contributed by atoms with Crippen molar-refractivity contribution in [2.75, 3.05) is 17.9 Å². The van der Waals surface area contributed by atoms with Crippen molar-refractivity contribution in [3.05, 3.63) is 34.3 Å². The van der Waals surface area contributed by atoms with E-state index >= 15 is 0 Å². The Morgan fingerprint density at radius 1 is 1.40 bits per heavy atom. The molecule has 0 saturated carbocycles. The molecule has 0 nitrogen and oxygen atoms in total. The third-order valence-electron chi connectivity index (χ3n) is 2.41. The quantitative estimate of drug-likeness (QED) is 0.692. The van der Waals surface area contributed by atoms with Crippen molar-refractivity contribution in [1.29, 1.82) is 0 Å². The van der Waals surface area contributed by atoms with E-state index in [2.05, 4.69) is 40.4 Å². The van der Waals surface area contributed by atoms with Crippen LogP contribution in [-0.2, 0) is 6.42 Å². The van der Waals surface area contributed by atoms with Gasteiger partial charge in [-0.2, -0.15) is 11.8 Å². The first-order valence-corrected chi connectivity index (χ1v) is 7.78. The fraction of sp³-hybridized carbons (Fsp3) is 0.500. The van der Waals surface area contributed by atoms with Crippen molar-refractivity contribution in [3.63, 3.8) is 0 Å². The highest BCUT2D eigenvalue weighted by Gasteiger charge is 2.09. The molecule has 0 fully saturated rings. The lowest BCUT2D eigenvalue weighted by molar-refractivity contribution is 0.571. The van der Waals surface area contributed by atoms with Crippen molar-refractivity contribution >= 4 is 39.3 Å². The lowest BCUT2D eigenvalue weighted by Crippen LogP contribution is -2.08. The molecule has 84 valence electrons. The predicted octanol–water partition coefficient (Wildman–Crippen LogP) is 4.60. The van der Waals surface area contributed by atoms with Crippen LogP contribution in [0.25, 0.3) is 0 Å². The highest BCUT2D eigenvalue weighted by atomic mass is 79.9. The van der Waals surface area contributed by atoms with Crippen molar-refractivity contribution in [3.8, 4) is 0 Å². The van der Waals surface area contributed by atoms with Crippen LogP contribution in [-0.4, -0.2) is 17.9 Å². The molecule has 3 heteroatoms. The van der Waals surface area contributed by atoms with E-state index in [0.29, 0.717) is 5.92 Å². The van der Waals surface area contributed by atoms with Crippen LogP contribution in [0.2, 0.25) is 0 Å². The molecule has 0 N–H and O–H groups in total. The Hall–Kier alpha value is 0.340. The van der Waals surface area contributed by atoms with Crippen LogP contribution in [0.4, 0.5) is 0 Å². The van der Waals surface area contributed by atoms with Crippen LogP contribution in [0.1, 0.15) is 12.0 Å². The van der Waals surface area contributed by atoms with Crippen molar-refractivity contribution in [1.82, 2.24) is 0 Å². The number of halogens is 2. The Morgan fingerprint density at radius 2 is 2.13 bits per heavy atom. The van der Waals surface area contributed by atoms with Gasteiger partial charge >= 0.3 is 0 Å². The van der Waals surface area contributed by atoms with Gasteiger partial charge in [-0.1, -0.05) is 34.1 Å². The van der Waals surface area contributed by atoms with Crippen LogP contribution in [0, 0.1) is 5.92 Å². The molecule has 1 atom stereocenters. The van der Waals surface area contributed by atoms with E-state index in [9.17, 15) is 0 Å². The van der Waals surface area contributed by atoms with E-state index < -0.39 is 0 Å². The van der Waals surface area contributed by atoms with Crippen molar-refractivity contribution < 1.29 is 0 Å². The summed E-state index contributed by atoms with van der Waals surface area (Å²) in [6, 6.07) is 8.39. The molecule has 0 bridgehead atoms. The molecule has 15 heavy (non-hydrogen) atoms. The van der Waals surface area contributed by atoms with E-state index in [-0.39, 0.29) is 0 Å². The standard InChI is InChI=1S/C12H16BrClS/c1-15-7-6-10(9-14)8-11-4-2-3-5-12(11)13/h2-5,10H,6-9H2,1H3. The van der Waals surface area contributed by atoms with E-state index in [1.807, 2.05) is 17.8 Å². The van der Waals surface area contributed by atoms with Gasteiger partial charge < -0.3 is 0 Å². The van der Waals surface area contributed by atoms with Gasteiger partial charge in [0.25, 0.3) is 0 Å². The van der Waals surface area contributed by atoms with E-state index in [4.69, 9.17) is 11.6 Å². The SMILES string of the molecule is CSCCC(CCl)Cc1ccccc1Br. The summed E-state index contributed by atoms with van der Waals surface area (Å²) in [5.74, 6) is 2.54. The zero-order chi connectivity index (χ0) is 11.1. The molecule has 1 aromatic rings. The van der Waals surface area contributed by atoms with Crippen LogP contribution >= 0.6 is 39.3 Å². The Labute approximate surface area is 110 Å². The molecule has 1 rings (SSSR count). The summed E-state index contributed by atoms with van der Waals surface area (Å²) in [7, 11) is 0. The summed E-state index contributed by atoms with van der Waals surface area (Å²) >= 11 is 11.4. The molecule has 0 radical (unpaired) electrons. The van der Waals surface area contributed by atoms with Gasteiger partial charge in [-0.05, 0) is 42.4 Å². The highest BCUT2D eigenvalue weighted by Crippen LogP contribution is 2.22. The summed E-state index contributed by atoms with van der Waals surface area (Å²) in [5, 5.41) is 0. The minimum atomic E-state index is 0.595. The molecule has 1 unspecified atom stereocenters. The zero-order valence-electron chi connectivity index (χ0n) is 8.88. The maximum absolute atomic E-state index is 5.98. The summed E-state index contributed by atoms with van der Waals surface area (Å²) in [4.78, 5) is 0. The molecule has 0 aliphatic rings. The average Bonchev–Trinajstić information content (AvgIpc) is 2.26. The van der Waals surface area contributed by atoms with Gasteiger partial charge in [0.05, 0.1) is 0 Å². The topological polar surface area (TPSA) is 0 Å². The van der Waals surface area contributed by atoms with Crippen LogP contribution in [0.5, 0.6) is 0 Å². The molecular weight excluding hydrogens is 292 g/mol. The van der Waals surface area contributed by atoms with Crippen LogP contribution in [0.3, 0.4) is 0 Å². The molecule has 0 aromatic heterocycles.